The van der Waals surface area contributed by atoms with Gasteiger partial charge in [0, 0.05) is 4.90 Å². The van der Waals surface area contributed by atoms with Crippen LogP contribution >= 0.6 is 35.8 Å². The lowest BCUT2D eigenvalue weighted by Gasteiger charge is -2.19. The summed E-state index contributed by atoms with van der Waals surface area (Å²) in [6.45, 7) is 2.10. The minimum Gasteiger partial charge on any atom is -0.395 e. The maximum absolute atomic E-state index is 9.82. The maximum atomic E-state index is 9.82. The summed E-state index contributed by atoms with van der Waals surface area (Å²) in [5.41, 5.74) is 3.86. The highest BCUT2D eigenvalue weighted by Crippen LogP contribution is 2.42. The van der Waals surface area contributed by atoms with Gasteiger partial charge in [0.05, 0.1) is 16.9 Å². The number of thioether (sulfide) groups is 1. The predicted octanol–water partition coefficient (Wildman–Crippen LogP) is 4.28. The minimum atomic E-state index is 0. The summed E-state index contributed by atoms with van der Waals surface area (Å²) in [7, 11) is 0. The average Bonchev–Trinajstić information content (AvgIpc) is 2.80. The van der Waals surface area contributed by atoms with Crippen molar-refractivity contribution in [2.45, 2.75) is 23.0 Å². The molecule has 0 saturated heterocycles. The number of benzene rings is 2. The third kappa shape index (κ3) is 4.43. The van der Waals surface area contributed by atoms with Gasteiger partial charge < -0.3 is 10.4 Å². The molecule has 23 heavy (non-hydrogen) atoms. The highest BCUT2D eigenvalue weighted by Gasteiger charge is 2.19. The van der Waals surface area contributed by atoms with Crippen molar-refractivity contribution in [2.24, 2.45) is 0 Å². The smallest absolute Gasteiger partial charge is 0.0594 e. The molecule has 1 atom stereocenters. The van der Waals surface area contributed by atoms with Crippen LogP contribution in [0.3, 0.4) is 0 Å². The first-order valence-corrected chi connectivity index (χ1v) is 8.89. The molecular formula is C18H21Cl2NOS. The van der Waals surface area contributed by atoms with E-state index in [1.165, 1.54) is 11.1 Å². The van der Waals surface area contributed by atoms with Crippen LogP contribution < -0.4 is 5.32 Å². The van der Waals surface area contributed by atoms with E-state index < -0.39 is 0 Å². The standard InChI is InChI=1S/C18H20ClNOS.ClH/c19-16-7-6-13-8-10-20-11-9-15(13)18(16)22-17(12-21)14-4-2-1-3-5-14;/h1-7,17,20-21H,8-12H2;1H. The molecule has 2 aromatic rings. The number of aliphatic hydroxyl groups excluding tert-OH is 1. The van der Waals surface area contributed by atoms with E-state index in [0.717, 1.165) is 41.4 Å². The molecule has 0 aliphatic carbocycles. The van der Waals surface area contributed by atoms with Crippen LogP contribution in [0.5, 0.6) is 0 Å². The Morgan fingerprint density at radius 1 is 1.09 bits per heavy atom. The van der Waals surface area contributed by atoms with E-state index in [2.05, 4.69) is 23.5 Å². The lowest BCUT2D eigenvalue weighted by Crippen LogP contribution is -2.16. The Labute approximate surface area is 153 Å². The molecule has 0 radical (unpaired) electrons. The molecule has 124 valence electrons. The Bertz CT molecular complexity index is 636. The van der Waals surface area contributed by atoms with Gasteiger partial charge in [0.25, 0.3) is 0 Å². The van der Waals surface area contributed by atoms with Crippen molar-refractivity contribution in [3.05, 3.63) is 64.2 Å². The molecular weight excluding hydrogens is 349 g/mol. The summed E-state index contributed by atoms with van der Waals surface area (Å²) in [6, 6.07) is 14.3. The van der Waals surface area contributed by atoms with Crippen molar-refractivity contribution in [1.29, 1.82) is 0 Å². The van der Waals surface area contributed by atoms with Crippen LogP contribution in [0, 0.1) is 0 Å². The molecule has 0 fully saturated rings. The molecule has 3 rings (SSSR count). The summed E-state index contributed by atoms with van der Waals surface area (Å²) in [5, 5.41) is 14.1. The van der Waals surface area contributed by atoms with Gasteiger partial charge in [-0.3, -0.25) is 0 Å². The molecule has 0 amide bonds. The molecule has 5 heteroatoms. The van der Waals surface area contributed by atoms with Gasteiger partial charge in [-0.15, -0.1) is 24.2 Å². The normalized spacial score (nSPS) is 15.2. The average molecular weight is 370 g/mol. The van der Waals surface area contributed by atoms with Gasteiger partial charge in [-0.25, -0.2) is 0 Å². The number of fused-ring (bicyclic) bond motifs is 1. The molecule has 1 unspecified atom stereocenters. The molecule has 0 bridgehead atoms. The zero-order valence-electron chi connectivity index (χ0n) is 12.8. The molecule has 2 nitrogen and oxygen atoms in total. The number of aliphatic hydroxyl groups is 1. The highest BCUT2D eigenvalue weighted by molar-refractivity contribution is 7.99. The van der Waals surface area contributed by atoms with Gasteiger partial charge in [0.2, 0.25) is 0 Å². The molecule has 1 aliphatic rings. The third-order valence-corrected chi connectivity index (χ3v) is 5.86. The number of nitrogens with one attached hydrogen (secondary N) is 1. The van der Waals surface area contributed by atoms with Gasteiger partial charge in [0.1, 0.15) is 0 Å². The summed E-state index contributed by atoms with van der Waals surface area (Å²) >= 11 is 8.16. The lowest BCUT2D eigenvalue weighted by atomic mass is 10.0. The topological polar surface area (TPSA) is 32.3 Å². The Balaban J connectivity index is 0.00000192. The molecule has 0 spiro atoms. The number of hydrogen-bond donors (Lipinski definition) is 2. The van der Waals surface area contributed by atoms with Crippen molar-refractivity contribution in [3.63, 3.8) is 0 Å². The second kappa shape index (κ2) is 8.95. The Hall–Kier alpha value is -0.710. The number of rotatable bonds is 4. The monoisotopic (exact) mass is 369 g/mol. The maximum Gasteiger partial charge on any atom is 0.0594 e. The fourth-order valence-corrected chi connectivity index (χ4v) is 4.38. The van der Waals surface area contributed by atoms with Gasteiger partial charge in [-0.1, -0.05) is 48.0 Å². The van der Waals surface area contributed by atoms with Crippen LogP contribution in [-0.2, 0) is 12.8 Å². The Morgan fingerprint density at radius 3 is 2.57 bits per heavy atom. The van der Waals surface area contributed by atoms with E-state index in [-0.39, 0.29) is 24.3 Å². The molecule has 0 saturated carbocycles. The highest BCUT2D eigenvalue weighted by atomic mass is 35.5. The third-order valence-electron chi connectivity index (χ3n) is 4.03. The van der Waals surface area contributed by atoms with E-state index in [0.29, 0.717) is 0 Å². The predicted molar refractivity (Wildman–Crippen MR) is 101 cm³/mol. The van der Waals surface area contributed by atoms with Crippen LogP contribution in [0.25, 0.3) is 0 Å². The van der Waals surface area contributed by atoms with Crippen LogP contribution in [0.2, 0.25) is 5.02 Å². The largest absolute Gasteiger partial charge is 0.395 e. The van der Waals surface area contributed by atoms with E-state index in [1.807, 2.05) is 24.3 Å². The van der Waals surface area contributed by atoms with E-state index >= 15 is 0 Å². The summed E-state index contributed by atoms with van der Waals surface area (Å²) < 4.78 is 0. The number of hydrogen-bond acceptors (Lipinski definition) is 3. The lowest BCUT2D eigenvalue weighted by molar-refractivity contribution is 0.296. The van der Waals surface area contributed by atoms with Crippen LogP contribution in [0.4, 0.5) is 0 Å². The van der Waals surface area contributed by atoms with Crippen LogP contribution in [-0.4, -0.2) is 24.8 Å². The second-order valence-corrected chi connectivity index (χ2v) is 7.08. The first kappa shape index (κ1) is 18.6. The first-order chi connectivity index (χ1) is 10.8. The summed E-state index contributed by atoms with van der Waals surface area (Å²) in [5.74, 6) is 0. The fraction of sp³-hybridized carbons (Fsp3) is 0.333. The number of halogens is 2. The van der Waals surface area contributed by atoms with Gasteiger partial charge >= 0.3 is 0 Å². The minimum absolute atomic E-state index is 0. The van der Waals surface area contributed by atoms with Gasteiger partial charge in [-0.05, 0) is 48.7 Å². The molecule has 2 aromatic carbocycles. The molecule has 1 aliphatic heterocycles. The molecule has 2 N–H and O–H groups in total. The van der Waals surface area contributed by atoms with Crippen molar-refractivity contribution < 1.29 is 5.11 Å². The van der Waals surface area contributed by atoms with Crippen molar-refractivity contribution in [1.82, 2.24) is 5.32 Å². The van der Waals surface area contributed by atoms with Crippen molar-refractivity contribution in [2.75, 3.05) is 19.7 Å². The van der Waals surface area contributed by atoms with E-state index in [1.54, 1.807) is 11.8 Å². The quantitative estimate of drug-likeness (QED) is 0.789. The van der Waals surface area contributed by atoms with Gasteiger partial charge in [-0.2, -0.15) is 0 Å². The van der Waals surface area contributed by atoms with Crippen molar-refractivity contribution in [3.8, 4) is 0 Å². The van der Waals surface area contributed by atoms with Crippen LogP contribution in [0.1, 0.15) is 21.9 Å². The van der Waals surface area contributed by atoms with E-state index in [4.69, 9.17) is 11.6 Å². The summed E-state index contributed by atoms with van der Waals surface area (Å²) in [4.78, 5) is 1.13. The van der Waals surface area contributed by atoms with Crippen LogP contribution in [0.15, 0.2) is 47.4 Å². The Kier molecular flexibility index (Phi) is 7.25. The molecule has 0 aromatic heterocycles. The SMILES string of the molecule is Cl.OCC(Sc1c(Cl)ccc2c1CCNCC2)c1ccccc1. The first-order valence-electron chi connectivity index (χ1n) is 7.63. The zero-order chi connectivity index (χ0) is 15.4. The molecule has 1 heterocycles. The second-order valence-electron chi connectivity index (χ2n) is 5.46. The zero-order valence-corrected chi connectivity index (χ0v) is 15.2. The Morgan fingerprint density at radius 2 is 1.83 bits per heavy atom. The van der Waals surface area contributed by atoms with Gasteiger partial charge in [0.15, 0.2) is 0 Å². The fourth-order valence-electron chi connectivity index (χ4n) is 2.86. The van der Waals surface area contributed by atoms with Crippen molar-refractivity contribution >= 4 is 35.8 Å². The summed E-state index contributed by atoms with van der Waals surface area (Å²) in [6.07, 6.45) is 2.03. The van der Waals surface area contributed by atoms with E-state index in [9.17, 15) is 5.11 Å².